The maximum absolute atomic E-state index is 6.56. The number of hydrogen-bond donors (Lipinski definition) is 2. The minimum atomic E-state index is 0.155. The molecule has 0 spiro atoms. The highest BCUT2D eigenvalue weighted by atomic mass is 35.5. The second-order valence-corrected chi connectivity index (χ2v) is 6.88. The van der Waals surface area contributed by atoms with Crippen LogP contribution in [0, 0.1) is 0 Å². The molecule has 0 aromatic heterocycles. The Balaban J connectivity index is 3.59. The lowest BCUT2D eigenvalue weighted by atomic mass is 10.1. The van der Waals surface area contributed by atoms with Crippen LogP contribution in [-0.2, 0) is 0 Å². The van der Waals surface area contributed by atoms with E-state index in [0.29, 0.717) is 0 Å². The zero-order valence-electron chi connectivity index (χ0n) is 14.9. The fourth-order valence-electron chi connectivity index (χ4n) is 2.79. The van der Waals surface area contributed by atoms with Gasteiger partial charge in [0.2, 0.25) is 0 Å². The van der Waals surface area contributed by atoms with Crippen LogP contribution in [0.2, 0.25) is 0 Å². The third kappa shape index (κ3) is 13.8. The summed E-state index contributed by atoms with van der Waals surface area (Å²) >= 11 is 6.56. The standard InChI is InChI=1S/C18H40ClN3/c1-2-3-4-5-6-7-8-9-10-13-18(19)22(16-11-14-20)17-12-15-21/h18H,2-17,20-21H2,1H3. The molecule has 3 nitrogen and oxygen atoms in total. The van der Waals surface area contributed by atoms with Crippen LogP contribution in [0.4, 0.5) is 0 Å². The van der Waals surface area contributed by atoms with Gasteiger partial charge in [-0.15, -0.1) is 11.6 Å². The van der Waals surface area contributed by atoms with E-state index in [9.17, 15) is 0 Å². The van der Waals surface area contributed by atoms with E-state index in [1.165, 1.54) is 57.8 Å². The molecule has 0 saturated carbocycles. The van der Waals surface area contributed by atoms with E-state index in [0.717, 1.165) is 45.4 Å². The molecule has 1 atom stereocenters. The van der Waals surface area contributed by atoms with E-state index in [2.05, 4.69) is 11.8 Å². The number of halogens is 1. The van der Waals surface area contributed by atoms with Gasteiger partial charge in [0.15, 0.2) is 0 Å². The lowest BCUT2D eigenvalue weighted by molar-refractivity contribution is 0.236. The molecule has 0 aromatic carbocycles. The molecule has 134 valence electrons. The zero-order chi connectivity index (χ0) is 16.5. The number of unbranched alkanes of at least 4 members (excludes halogenated alkanes) is 8. The van der Waals surface area contributed by atoms with Gasteiger partial charge in [-0.05, 0) is 32.4 Å². The number of hydrogen-bond acceptors (Lipinski definition) is 3. The van der Waals surface area contributed by atoms with Crippen LogP contribution in [0.15, 0.2) is 0 Å². The lowest BCUT2D eigenvalue weighted by Crippen LogP contribution is -2.35. The molecular weight excluding hydrogens is 294 g/mol. The van der Waals surface area contributed by atoms with Gasteiger partial charge in [0, 0.05) is 13.1 Å². The number of rotatable bonds is 17. The highest BCUT2D eigenvalue weighted by molar-refractivity contribution is 6.20. The average molecular weight is 334 g/mol. The van der Waals surface area contributed by atoms with Crippen LogP contribution >= 0.6 is 11.6 Å². The molecular formula is C18H40ClN3. The van der Waals surface area contributed by atoms with Crippen molar-refractivity contribution < 1.29 is 0 Å². The third-order valence-electron chi connectivity index (χ3n) is 4.24. The molecule has 0 saturated heterocycles. The van der Waals surface area contributed by atoms with Gasteiger partial charge in [0.25, 0.3) is 0 Å². The number of nitrogens with zero attached hydrogens (tertiary/aromatic N) is 1. The molecule has 0 fully saturated rings. The molecule has 0 heterocycles. The van der Waals surface area contributed by atoms with Crippen molar-refractivity contribution in [2.24, 2.45) is 11.5 Å². The maximum Gasteiger partial charge on any atom is 0.0850 e. The van der Waals surface area contributed by atoms with Crippen molar-refractivity contribution in [2.45, 2.75) is 89.5 Å². The predicted octanol–water partition coefficient (Wildman–Crippen LogP) is 4.47. The Morgan fingerprint density at radius 2 is 1.18 bits per heavy atom. The molecule has 0 amide bonds. The van der Waals surface area contributed by atoms with Gasteiger partial charge in [-0.25, -0.2) is 0 Å². The van der Waals surface area contributed by atoms with Crippen LogP contribution in [0.1, 0.15) is 84.0 Å². The summed E-state index contributed by atoms with van der Waals surface area (Å²) in [5.41, 5.74) is 11.4. The second-order valence-electron chi connectivity index (χ2n) is 6.37. The number of alkyl halides is 1. The molecule has 0 aliphatic rings. The van der Waals surface area contributed by atoms with Gasteiger partial charge in [0.1, 0.15) is 0 Å². The van der Waals surface area contributed by atoms with Gasteiger partial charge in [-0.1, -0.05) is 64.7 Å². The van der Waals surface area contributed by atoms with E-state index < -0.39 is 0 Å². The van der Waals surface area contributed by atoms with Gasteiger partial charge in [-0.3, -0.25) is 4.90 Å². The van der Waals surface area contributed by atoms with Gasteiger partial charge < -0.3 is 11.5 Å². The average Bonchev–Trinajstić information content (AvgIpc) is 2.53. The van der Waals surface area contributed by atoms with E-state index in [1.807, 2.05) is 0 Å². The Kier molecular flexibility index (Phi) is 17.7. The third-order valence-corrected chi connectivity index (χ3v) is 4.74. The fraction of sp³-hybridized carbons (Fsp3) is 1.00. The Bertz CT molecular complexity index is 207. The largest absolute Gasteiger partial charge is 0.330 e. The molecule has 4 N–H and O–H groups in total. The first-order valence-electron chi connectivity index (χ1n) is 9.54. The molecule has 0 aliphatic carbocycles. The molecule has 0 aromatic rings. The smallest absolute Gasteiger partial charge is 0.0850 e. The fourth-order valence-corrected chi connectivity index (χ4v) is 3.14. The molecule has 0 rings (SSSR count). The van der Waals surface area contributed by atoms with Gasteiger partial charge in [-0.2, -0.15) is 0 Å². The highest BCUT2D eigenvalue weighted by Gasteiger charge is 2.14. The van der Waals surface area contributed by atoms with Crippen LogP contribution in [0.25, 0.3) is 0 Å². The van der Waals surface area contributed by atoms with Crippen molar-refractivity contribution in [1.29, 1.82) is 0 Å². The van der Waals surface area contributed by atoms with Gasteiger partial charge >= 0.3 is 0 Å². The molecule has 0 radical (unpaired) electrons. The Labute approximate surface area is 144 Å². The summed E-state index contributed by atoms with van der Waals surface area (Å²) in [4.78, 5) is 2.35. The summed E-state index contributed by atoms with van der Waals surface area (Å²) in [6.07, 6.45) is 15.4. The van der Waals surface area contributed by atoms with Crippen molar-refractivity contribution in [3.05, 3.63) is 0 Å². The summed E-state index contributed by atoms with van der Waals surface area (Å²) < 4.78 is 0. The topological polar surface area (TPSA) is 55.3 Å². The Hall–Kier alpha value is 0.170. The second kappa shape index (κ2) is 17.5. The predicted molar refractivity (Wildman–Crippen MR) is 100 cm³/mol. The monoisotopic (exact) mass is 333 g/mol. The van der Waals surface area contributed by atoms with Crippen LogP contribution in [0.5, 0.6) is 0 Å². The van der Waals surface area contributed by atoms with E-state index in [4.69, 9.17) is 23.1 Å². The Morgan fingerprint density at radius 1 is 0.727 bits per heavy atom. The molecule has 22 heavy (non-hydrogen) atoms. The summed E-state index contributed by atoms with van der Waals surface area (Å²) in [6, 6.07) is 0. The van der Waals surface area contributed by atoms with Crippen LogP contribution in [-0.4, -0.2) is 36.6 Å². The summed E-state index contributed by atoms with van der Waals surface area (Å²) in [5.74, 6) is 0. The minimum absolute atomic E-state index is 0.155. The van der Waals surface area contributed by atoms with Crippen molar-refractivity contribution >= 4 is 11.6 Å². The minimum Gasteiger partial charge on any atom is -0.330 e. The van der Waals surface area contributed by atoms with E-state index >= 15 is 0 Å². The van der Waals surface area contributed by atoms with Crippen molar-refractivity contribution in [1.82, 2.24) is 4.90 Å². The molecule has 1 unspecified atom stereocenters. The van der Waals surface area contributed by atoms with Crippen LogP contribution < -0.4 is 11.5 Å². The lowest BCUT2D eigenvalue weighted by Gasteiger charge is -2.27. The molecule has 4 heteroatoms. The Morgan fingerprint density at radius 3 is 1.64 bits per heavy atom. The number of nitrogens with two attached hydrogens (primary N) is 2. The van der Waals surface area contributed by atoms with E-state index in [1.54, 1.807) is 0 Å². The van der Waals surface area contributed by atoms with Crippen molar-refractivity contribution in [3.63, 3.8) is 0 Å². The molecule has 0 bridgehead atoms. The normalized spacial score (nSPS) is 13.0. The van der Waals surface area contributed by atoms with Crippen LogP contribution in [0.3, 0.4) is 0 Å². The molecule has 0 aliphatic heterocycles. The van der Waals surface area contributed by atoms with Crippen molar-refractivity contribution in [2.75, 3.05) is 26.2 Å². The maximum atomic E-state index is 6.56. The summed E-state index contributed by atoms with van der Waals surface area (Å²) in [7, 11) is 0. The highest BCUT2D eigenvalue weighted by Crippen LogP contribution is 2.16. The summed E-state index contributed by atoms with van der Waals surface area (Å²) in [5, 5.41) is 0. The zero-order valence-corrected chi connectivity index (χ0v) is 15.6. The van der Waals surface area contributed by atoms with E-state index in [-0.39, 0.29) is 5.50 Å². The summed E-state index contributed by atoms with van der Waals surface area (Å²) in [6.45, 7) is 5.75. The first kappa shape index (κ1) is 22.2. The SMILES string of the molecule is CCCCCCCCCCCC(Cl)N(CCCN)CCCN. The van der Waals surface area contributed by atoms with Gasteiger partial charge in [0.05, 0.1) is 5.50 Å². The first-order valence-corrected chi connectivity index (χ1v) is 9.98. The van der Waals surface area contributed by atoms with Crippen molar-refractivity contribution in [3.8, 4) is 0 Å². The quantitative estimate of drug-likeness (QED) is 0.234. The first-order chi connectivity index (χ1) is 10.8.